The second-order valence-electron chi connectivity index (χ2n) is 5.50. The van der Waals surface area contributed by atoms with E-state index in [0.717, 1.165) is 11.8 Å². The SMILES string of the molecule is Cc1cccc(N(CCCS(=O)(=O)N=CN(C)C)S(C)(=O)=O)c1. The van der Waals surface area contributed by atoms with Gasteiger partial charge in [-0.2, -0.15) is 4.40 Å². The molecule has 0 fully saturated rings. The van der Waals surface area contributed by atoms with E-state index in [-0.39, 0.29) is 18.7 Å². The van der Waals surface area contributed by atoms with Gasteiger partial charge in [-0.05, 0) is 31.0 Å². The van der Waals surface area contributed by atoms with Crippen LogP contribution in [0.15, 0.2) is 28.7 Å². The zero-order chi connectivity index (χ0) is 17.7. The molecule has 0 aromatic heterocycles. The molecule has 0 radical (unpaired) electrons. The van der Waals surface area contributed by atoms with Crippen LogP contribution in [0.3, 0.4) is 0 Å². The van der Waals surface area contributed by atoms with Crippen LogP contribution in [0.4, 0.5) is 5.69 Å². The predicted octanol–water partition coefficient (Wildman–Crippen LogP) is 1.07. The molecule has 7 nitrogen and oxygen atoms in total. The molecule has 0 amide bonds. The fraction of sp³-hybridized carbons (Fsp3) is 0.500. The van der Waals surface area contributed by atoms with Gasteiger partial charge < -0.3 is 4.90 Å². The van der Waals surface area contributed by atoms with Gasteiger partial charge in [0.25, 0.3) is 10.0 Å². The maximum absolute atomic E-state index is 12.0. The standard InChI is InChI=1S/C14H23N3O4S2/c1-13-7-5-8-14(11-13)17(22(4,18)19)9-6-10-23(20,21)15-12-16(2)3/h5,7-8,11-12H,6,9-10H2,1-4H3. The zero-order valence-electron chi connectivity index (χ0n) is 13.8. The first-order valence-corrected chi connectivity index (χ1v) is 10.5. The molecule has 1 aromatic carbocycles. The average molecular weight is 361 g/mol. The number of hydrogen-bond acceptors (Lipinski definition) is 4. The van der Waals surface area contributed by atoms with Crippen LogP contribution < -0.4 is 4.31 Å². The van der Waals surface area contributed by atoms with E-state index in [9.17, 15) is 16.8 Å². The molecular weight excluding hydrogens is 338 g/mol. The van der Waals surface area contributed by atoms with Crippen molar-refractivity contribution in [3.8, 4) is 0 Å². The Morgan fingerprint density at radius 2 is 1.83 bits per heavy atom. The van der Waals surface area contributed by atoms with Crippen molar-refractivity contribution in [1.82, 2.24) is 4.90 Å². The smallest absolute Gasteiger partial charge is 0.254 e. The van der Waals surface area contributed by atoms with Gasteiger partial charge in [0.1, 0.15) is 6.34 Å². The van der Waals surface area contributed by atoms with Gasteiger partial charge in [0.2, 0.25) is 10.0 Å². The lowest BCUT2D eigenvalue weighted by atomic mass is 10.2. The van der Waals surface area contributed by atoms with Crippen molar-refractivity contribution >= 4 is 32.1 Å². The van der Waals surface area contributed by atoms with E-state index >= 15 is 0 Å². The minimum atomic E-state index is -3.60. The third-order valence-corrected chi connectivity index (χ3v) is 5.31. The molecule has 9 heteroatoms. The molecular formula is C14H23N3O4S2. The van der Waals surface area contributed by atoms with Gasteiger partial charge >= 0.3 is 0 Å². The molecule has 130 valence electrons. The third-order valence-electron chi connectivity index (χ3n) is 2.89. The van der Waals surface area contributed by atoms with Crippen LogP contribution >= 0.6 is 0 Å². The summed E-state index contributed by atoms with van der Waals surface area (Å²) in [5.74, 6) is -0.213. The molecule has 23 heavy (non-hydrogen) atoms. The van der Waals surface area contributed by atoms with Crippen LogP contribution in [0.1, 0.15) is 12.0 Å². The van der Waals surface area contributed by atoms with Crippen LogP contribution in [0.2, 0.25) is 0 Å². The van der Waals surface area contributed by atoms with Gasteiger partial charge in [-0.15, -0.1) is 0 Å². The van der Waals surface area contributed by atoms with Crippen molar-refractivity contribution < 1.29 is 16.8 Å². The summed E-state index contributed by atoms with van der Waals surface area (Å²) < 4.78 is 52.2. The van der Waals surface area contributed by atoms with Gasteiger partial charge in [0.15, 0.2) is 0 Å². The summed E-state index contributed by atoms with van der Waals surface area (Å²) in [6.07, 6.45) is 2.48. The Morgan fingerprint density at radius 1 is 1.17 bits per heavy atom. The summed E-state index contributed by atoms with van der Waals surface area (Å²) in [6.45, 7) is 1.95. The van der Waals surface area contributed by atoms with E-state index in [2.05, 4.69) is 4.40 Å². The van der Waals surface area contributed by atoms with Crippen molar-refractivity contribution in [2.45, 2.75) is 13.3 Å². The molecule has 0 N–H and O–H groups in total. The maximum Gasteiger partial charge on any atom is 0.254 e. The summed E-state index contributed by atoms with van der Waals surface area (Å²) in [6, 6.07) is 7.07. The molecule has 0 saturated carbocycles. The molecule has 0 aliphatic carbocycles. The third kappa shape index (κ3) is 7.00. The van der Waals surface area contributed by atoms with Crippen LogP contribution in [-0.4, -0.2) is 60.7 Å². The van der Waals surface area contributed by atoms with E-state index < -0.39 is 20.0 Å². The molecule has 1 rings (SSSR count). The Bertz CT molecular complexity index is 756. The van der Waals surface area contributed by atoms with Crippen molar-refractivity contribution in [3.05, 3.63) is 29.8 Å². The van der Waals surface area contributed by atoms with Crippen molar-refractivity contribution in [2.75, 3.05) is 37.0 Å². The van der Waals surface area contributed by atoms with Gasteiger partial charge in [0.05, 0.1) is 17.7 Å². The van der Waals surface area contributed by atoms with Crippen molar-refractivity contribution in [3.63, 3.8) is 0 Å². The monoisotopic (exact) mass is 361 g/mol. The summed E-state index contributed by atoms with van der Waals surface area (Å²) in [5, 5.41) is 0. The highest BCUT2D eigenvalue weighted by molar-refractivity contribution is 7.92. The highest BCUT2D eigenvalue weighted by Gasteiger charge is 2.18. The van der Waals surface area contributed by atoms with Gasteiger partial charge in [0, 0.05) is 20.6 Å². The lowest BCUT2D eigenvalue weighted by molar-refractivity contribution is 0.587. The first kappa shape index (κ1) is 19.4. The molecule has 0 unspecified atom stereocenters. The Morgan fingerprint density at radius 3 is 2.35 bits per heavy atom. The molecule has 0 heterocycles. The molecule has 1 aromatic rings. The largest absolute Gasteiger partial charge is 0.368 e. The number of nitrogens with zero attached hydrogens (tertiary/aromatic N) is 3. The first-order valence-electron chi connectivity index (χ1n) is 7.00. The summed E-state index contributed by atoms with van der Waals surface area (Å²) in [4.78, 5) is 1.52. The molecule has 0 spiro atoms. The summed E-state index contributed by atoms with van der Waals surface area (Å²) >= 11 is 0. The van der Waals surface area contributed by atoms with E-state index in [1.54, 1.807) is 32.3 Å². The minimum absolute atomic E-state index is 0.0823. The number of aryl methyl sites for hydroxylation is 1. The lowest BCUT2D eigenvalue weighted by Gasteiger charge is -2.22. The molecule has 0 atom stereocenters. The summed E-state index contributed by atoms with van der Waals surface area (Å²) in [7, 11) is -3.75. The average Bonchev–Trinajstić information content (AvgIpc) is 2.40. The predicted molar refractivity (Wildman–Crippen MR) is 94.0 cm³/mol. The lowest BCUT2D eigenvalue weighted by Crippen LogP contribution is -2.31. The number of benzene rings is 1. The Balaban J connectivity index is 2.82. The van der Waals surface area contributed by atoms with Crippen molar-refractivity contribution in [2.24, 2.45) is 4.40 Å². The fourth-order valence-corrected chi connectivity index (χ4v) is 3.77. The molecule has 0 aliphatic rings. The zero-order valence-corrected chi connectivity index (χ0v) is 15.4. The van der Waals surface area contributed by atoms with Crippen LogP contribution in [0.25, 0.3) is 0 Å². The minimum Gasteiger partial charge on any atom is -0.368 e. The second-order valence-corrected chi connectivity index (χ2v) is 9.19. The fourth-order valence-electron chi connectivity index (χ4n) is 1.88. The molecule has 0 bridgehead atoms. The highest BCUT2D eigenvalue weighted by atomic mass is 32.2. The number of anilines is 1. The van der Waals surface area contributed by atoms with E-state index in [0.29, 0.717) is 5.69 Å². The Kier molecular flexibility index (Phi) is 6.57. The van der Waals surface area contributed by atoms with Crippen molar-refractivity contribution in [1.29, 1.82) is 0 Å². The van der Waals surface area contributed by atoms with E-state index in [4.69, 9.17) is 0 Å². The normalized spacial score (nSPS) is 12.5. The van der Waals surface area contributed by atoms with Gasteiger partial charge in [-0.3, -0.25) is 4.31 Å². The quantitative estimate of drug-likeness (QED) is 0.511. The van der Waals surface area contributed by atoms with Crippen LogP contribution in [0.5, 0.6) is 0 Å². The number of sulfonamides is 2. The molecule has 0 aliphatic heterocycles. The topological polar surface area (TPSA) is 87.1 Å². The second kappa shape index (κ2) is 7.78. The van der Waals surface area contributed by atoms with Gasteiger partial charge in [-0.1, -0.05) is 12.1 Å². The van der Waals surface area contributed by atoms with E-state index in [1.165, 1.54) is 15.5 Å². The first-order chi connectivity index (χ1) is 10.5. The Hall–Kier alpha value is -1.61. The maximum atomic E-state index is 12.0. The summed E-state index contributed by atoms with van der Waals surface area (Å²) in [5.41, 5.74) is 1.46. The highest BCUT2D eigenvalue weighted by Crippen LogP contribution is 2.19. The van der Waals surface area contributed by atoms with Crippen LogP contribution in [-0.2, 0) is 20.0 Å². The Labute approximate surface area is 138 Å². The number of rotatable bonds is 8. The van der Waals surface area contributed by atoms with Crippen LogP contribution in [0, 0.1) is 6.92 Å². The van der Waals surface area contributed by atoms with E-state index in [1.807, 2.05) is 13.0 Å². The number of hydrogen-bond donors (Lipinski definition) is 0. The van der Waals surface area contributed by atoms with Gasteiger partial charge in [-0.25, -0.2) is 16.8 Å². The molecule has 0 saturated heterocycles.